The lowest BCUT2D eigenvalue weighted by atomic mass is 10.2. The largest absolute Gasteiger partial charge is 0.496 e. The van der Waals surface area contributed by atoms with Crippen molar-refractivity contribution >= 4 is 5.97 Å². The maximum absolute atomic E-state index is 12.2. The summed E-state index contributed by atoms with van der Waals surface area (Å²) in [6.45, 7) is 0.259. The van der Waals surface area contributed by atoms with Gasteiger partial charge in [0.15, 0.2) is 0 Å². The topological polar surface area (TPSA) is 77.8 Å². The van der Waals surface area contributed by atoms with Gasteiger partial charge < -0.3 is 18.9 Å². The predicted molar refractivity (Wildman–Crippen MR) is 86.5 cm³/mol. The van der Waals surface area contributed by atoms with Crippen molar-refractivity contribution in [2.45, 2.75) is 0 Å². The molecule has 2 aromatic rings. The number of nitrogens with zero attached hydrogens (tertiary/aromatic N) is 1. The Kier molecular flexibility index (Phi) is 6.03. The molecule has 0 heterocycles. The first-order chi connectivity index (χ1) is 11.7. The number of nitriles is 1. The van der Waals surface area contributed by atoms with Gasteiger partial charge in [-0.3, -0.25) is 0 Å². The second-order valence-electron chi connectivity index (χ2n) is 4.66. The molecule has 2 aromatic carbocycles. The fourth-order valence-corrected chi connectivity index (χ4v) is 2.04. The number of methoxy groups -OCH3 is 2. The van der Waals surface area contributed by atoms with Gasteiger partial charge >= 0.3 is 5.97 Å². The van der Waals surface area contributed by atoms with E-state index in [0.717, 1.165) is 0 Å². The number of rotatable bonds is 7. The molecule has 6 heteroatoms. The maximum atomic E-state index is 12.2. The maximum Gasteiger partial charge on any atom is 0.345 e. The zero-order chi connectivity index (χ0) is 17.4. The Morgan fingerprint density at radius 1 is 1.00 bits per heavy atom. The number of hydrogen-bond acceptors (Lipinski definition) is 6. The van der Waals surface area contributed by atoms with Crippen LogP contribution in [0.4, 0.5) is 0 Å². The van der Waals surface area contributed by atoms with Crippen LogP contribution in [0.5, 0.6) is 17.2 Å². The van der Waals surface area contributed by atoms with Gasteiger partial charge in [0.1, 0.15) is 36.0 Å². The highest BCUT2D eigenvalue weighted by Gasteiger charge is 2.19. The van der Waals surface area contributed by atoms with Gasteiger partial charge in [-0.25, -0.2) is 4.79 Å². The van der Waals surface area contributed by atoms with Crippen LogP contribution in [-0.2, 0) is 4.74 Å². The molecule has 0 saturated heterocycles. The van der Waals surface area contributed by atoms with Gasteiger partial charge in [-0.2, -0.15) is 5.26 Å². The minimum absolute atomic E-state index is 0.0695. The van der Waals surface area contributed by atoms with Gasteiger partial charge in [-0.05, 0) is 36.4 Å². The number of carbonyl (C=O) groups is 1. The third-order valence-electron chi connectivity index (χ3n) is 3.20. The van der Waals surface area contributed by atoms with Crippen LogP contribution in [0.1, 0.15) is 15.9 Å². The minimum atomic E-state index is -0.548. The lowest BCUT2D eigenvalue weighted by Crippen LogP contribution is -2.14. The number of carbonyl (C=O) groups excluding carboxylic acids is 1. The van der Waals surface area contributed by atoms with Crippen molar-refractivity contribution in [3.8, 4) is 23.3 Å². The Morgan fingerprint density at radius 3 is 2.17 bits per heavy atom. The van der Waals surface area contributed by atoms with E-state index in [-0.39, 0.29) is 18.8 Å². The molecule has 0 amide bonds. The van der Waals surface area contributed by atoms with Crippen LogP contribution in [-0.4, -0.2) is 33.4 Å². The first-order valence-electron chi connectivity index (χ1n) is 7.20. The highest BCUT2D eigenvalue weighted by molar-refractivity contribution is 5.95. The summed E-state index contributed by atoms with van der Waals surface area (Å²) in [6, 6.07) is 13.7. The van der Waals surface area contributed by atoms with Crippen molar-refractivity contribution < 1.29 is 23.7 Å². The fourth-order valence-electron chi connectivity index (χ4n) is 2.04. The molecule has 24 heavy (non-hydrogen) atoms. The van der Waals surface area contributed by atoms with Gasteiger partial charge in [-0.15, -0.1) is 0 Å². The second kappa shape index (κ2) is 8.44. The average molecular weight is 327 g/mol. The molecule has 0 aliphatic rings. The standard InChI is InChI=1S/C18H17NO5/c1-21-15-4-3-5-16(22-2)17(15)18(20)24-11-10-23-14-8-6-13(12-19)7-9-14/h3-9H,10-11H2,1-2H3. The highest BCUT2D eigenvalue weighted by atomic mass is 16.6. The summed E-state index contributed by atoms with van der Waals surface area (Å²) in [5.74, 6) is 0.812. The van der Waals surface area contributed by atoms with Gasteiger partial charge in [0.05, 0.1) is 25.9 Å². The average Bonchev–Trinajstić information content (AvgIpc) is 2.64. The first-order valence-corrected chi connectivity index (χ1v) is 7.20. The van der Waals surface area contributed by atoms with Crippen LogP contribution in [0.3, 0.4) is 0 Å². The van der Waals surface area contributed by atoms with E-state index in [1.165, 1.54) is 14.2 Å². The molecule has 0 fully saturated rings. The molecule has 124 valence electrons. The second-order valence-corrected chi connectivity index (χ2v) is 4.66. The van der Waals surface area contributed by atoms with E-state index in [2.05, 4.69) is 0 Å². The van der Waals surface area contributed by atoms with Crippen LogP contribution < -0.4 is 14.2 Å². The summed E-state index contributed by atoms with van der Waals surface area (Å²) in [7, 11) is 2.94. The van der Waals surface area contributed by atoms with Gasteiger partial charge in [0.2, 0.25) is 0 Å². The molecule has 6 nitrogen and oxygen atoms in total. The Balaban J connectivity index is 1.90. The highest BCUT2D eigenvalue weighted by Crippen LogP contribution is 2.28. The number of hydrogen-bond donors (Lipinski definition) is 0. The Hall–Kier alpha value is -3.20. The molecular formula is C18H17NO5. The Morgan fingerprint density at radius 2 is 1.62 bits per heavy atom. The number of ether oxygens (including phenoxy) is 4. The zero-order valence-corrected chi connectivity index (χ0v) is 13.4. The van der Waals surface area contributed by atoms with E-state index >= 15 is 0 Å². The summed E-state index contributed by atoms with van der Waals surface area (Å²) >= 11 is 0. The van der Waals surface area contributed by atoms with Crippen molar-refractivity contribution in [1.29, 1.82) is 5.26 Å². The van der Waals surface area contributed by atoms with Crippen molar-refractivity contribution in [1.82, 2.24) is 0 Å². The van der Waals surface area contributed by atoms with E-state index in [0.29, 0.717) is 22.8 Å². The van der Waals surface area contributed by atoms with Gasteiger partial charge in [0, 0.05) is 0 Å². The van der Waals surface area contributed by atoms with Crippen LogP contribution in [0.25, 0.3) is 0 Å². The van der Waals surface area contributed by atoms with E-state index in [1.807, 2.05) is 6.07 Å². The molecule has 2 rings (SSSR count). The third kappa shape index (κ3) is 4.17. The molecule has 0 aromatic heterocycles. The van der Waals surface area contributed by atoms with Crippen molar-refractivity contribution in [2.75, 3.05) is 27.4 Å². The summed E-state index contributed by atoms with van der Waals surface area (Å²) in [4.78, 5) is 12.2. The van der Waals surface area contributed by atoms with E-state index in [1.54, 1.807) is 42.5 Å². The lowest BCUT2D eigenvalue weighted by molar-refractivity contribution is 0.0443. The fraction of sp³-hybridized carbons (Fsp3) is 0.222. The smallest absolute Gasteiger partial charge is 0.345 e. The van der Waals surface area contributed by atoms with Crippen LogP contribution >= 0.6 is 0 Å². The molecule has 0 aliphatic carbocycles. The zero-order valence-electron chi connectivity index (χ0n) is 13.4. The number of benzene rings is 2. The van der Waals surface area contributed by atoms with Gasteiger partial charge in [0.25, 0.3) is 0 Å². The molecule has 0 spiro atoms. The summed E-state index contributed by atoms with van der Waals surface area (Å²) in [5, 5.41) is 8.73. The monoisotopic (exact) mass is 327 g/mol. The molecule has 0 N–H and O–H groups in total. The molecule has 0 bridgehead atoms. The molecule has 0 saturated carbocycles. The molecular weight excluding hydrogens is 310 g/mol. The summed E-state index contributed by atoms with van der Waals surface area (Å²) < 4.78 is 21.0. The number of esters is 1. The van der Waals surface area contributed by atoms with Crippen LogP contribution in [0.15, 0.2) is 42.5 Å². The van der Waals surface area contributed by atoms with Crippen molar-refractivity contribution in [2.24, 2.45) is 0 Å². The Bertz CT molecular complexity index is 712. The quantitative estimate of drug-likeness (QED) is 0.575. The van der Waals surface area contributed by atoms with Gasteiger partial charge in [-0.1, -0.05) is 6.07 Å². The van der Waals surface area contributed by atoms with E-state index in [4.69, 9.17) is 24.2 Å². The SMILES string of the molecule is COc1cccc(OC)c1C(=O)OCCOc1ccc(C#N)cc1. The normalized spacial score (nSPS) is 9.71. The van der Waals surface area contributed by atoms with Crippen LogP contribution in [0, 0.1) is 11.3 Å². The summed E-state index contributed by atoms with van der Waals surface area (Å²) in [5.41, 5.74) is 0.790. The minimum Gasteiger partial charge on any atom is -0.496 e. The molecule has 0 unspecified atom stereocenters. The third-order valence-corrected chi connectivity index (χ3v) is 3.20. The predicted octanol–water partition coefficient (Wildman–Crippen LogP) is 2.81. The lowest BCUT2D eigenvalue weighted by Gasteiger charge is -2.12. The molecule has 0 aliphatic heterocycles. The summed E-state index contributed by atoms with van der Waals surface area (Å²) in [6.07, 6.45) is 0. The molecule has 0 radical (unpaired) electrons. The van der Waals surface area contributed by atoms with Crippen molar-refractivity contribution in [3.63, 3.8) is 0 Å². The van der Waals surface area contributed by atoms with Crippen molar-refractivity contribution in [3.05, 3.63) is 53.6 Å². The first kappa shape index (κ1) is 17.2. The molecule has 0 atom stereocenters. The van der Waals surface area contributed by atoms with Crippen LogP contribution in [0.2, 0.25) is 0 Å². The van der Waals surface area contributed by atoms with E-state index in [9.17, 15) is 4.79 Å². The van der Waals surface area contributed by atoms with E-state index < -0.39 is 5.97 Å². The Labute approximate surface area is 140 Å².